The van der Waals surface area contributed by atoms with Crippen molar-refractivity contribution in [2.75, 3.05) is 7.05 Å². The lowest BCUT2D eigenvalue weighted by atomic mass is 9.55. The monoisotopic (exact) mass is 208 g/mol. The van der Waals surface area contributed by atoms with E-state index in [0.29, 0.717) is 0 Å². The molecule has 3 heteroatoms. The number of allylic oxidation sites excluding steroid dienone is 2. The van der Waals surface area contributed by atoms with Crippen LogP contribution in [0.4, 0.5) is 0 Å². The lowest BCUT2D eigenvalue weighted by Crippen LogP contribution is -2.39. The Kier molecular flexibility index (Phi) is 5.29. The minimum absolute atomic E-state index is 0.136. The van der Waals surface area contributed by atoms with E-state index in [9.17, 15) is 5.11 Å². The summed E-state index contributed by atoms with van der Waals surface area (Å²) in [5.74, 6) is 0. The van der Waals surface area contributed by atoms with Crippen molar-refractivity contribution in [2.24, 2.45) is 10.4 Å². The van der Waals surface area contributed by atoms with E-state index in [1.165, 1.54) is 0 Å². The number of aliphatic imine (C=N–C) groups is 1. The predicted molar refractivity (Wildman–Crippen MR) is 68.8 cm³/mol. The molecule has 1 radical (unpaired) electrons. The number of nitrogens with zero attached hydrogens (tertiary/aromatic N) is 1. The fraction of sp³-hybridized carbons (Fsp3) is 0.750. The minimum Gasteiger partial charge on any atom is -0.390 e. The Morgan fingerprint density at radius 3 is 2.20 bits per heavy atom. The smallest absolute Gasteiger partial charge is 0.153 e. The Balaban J connectivity index is 4.39. The lowest BCUT2D eigenvalue weighted by molar-refractivity contribution is -0.0236. The zero-order valence-electron chi connectivity index (χ0n) is 10.8. The van der Waals surface area contributed by atoms with E-state index in [1.54, 1.807) is 7.05 Å². The fourth-order valence-electron chi connectivity index (χ4n) is 1.02. The zero-order chi connectivity index (χ0) is 12.1. The highest BCUT2D eigenvalue weighted by atomic mass is 16.3. The average molecular weight is 208 g/mol. The van der Waals surface area contributed by atoms with Crippen LogP contribution < -0.4 is 0 Å². The van der Waals surface area contributed by atoms with Gasteiger partial charge in [0, 0.05) is 13.3 Å². The van der Waals surface area contributed by atoms with Crippen LogP contribution in [0.5, 0.6) is 0 Å². The summed E-state index contributed by atoms with van der Waals surface area (Å²) in [6.45, 7) is 9.83. The van der Waals surface area contributed by atoms with Crippen molar-refractivity contribution in [3.8, 4) is 0 Å². The van der Waals surface area contributed by atoms with E-state index in [0.717, 1.165) is 11.8 Å². The van der Waals surface area contributed by atoms with Gasteiger partial charge >= 0.3 is 0 Å². The second-order valence-electron chi connectivity index (χ2n) is 5.03. The van der Waals surface area contributed by atoms with Crippen LogP contribution in [0.15, 0.2) is 16.5 Å². The first kappa shape index (κ1) is 14.4. The standard InChI is InChI=1S/C12H23BNO/c1-7-10(8-14-6)13-9-11(2,3)12(4,5)15/h7-8,15H,9H2,1-6H3/b10-7+,14-8?. The quantitative estimate of drug-likeness (QED) is 0.546. The molecule has 0 unspecified atom stereocenters. The van der Waals surface area contributed by atoms with Gasteiger partial charge in [0.05, 0.1) is 5.60 Å². The maximum absolute atomic E-state index is 9.99. The van der Waals surface area contributed by atoms with E-state index in [-0.39, 0.29) is 5.41 Å². The summed E-state index contributed by atoms with van der Waals surface area (Å²) < 4.78 is 0. The van der Waals surface area contributed by atoms with Crippen LogP contribution in [-0.4, -0.2) is 31.2 Å². The molecule has 0 atom stereocenters. The summed E-state index contributed by atoms with van der Waals surface area (Å²) >= 11 is 0. The third-order valence-corrected chi connectivity index (χ3v) is 3.12. The number of aliphatic hydroxyl groups is 1. The molecule has 1 N–H and O–H groups in total. The molecule has 0 amide bonds. The summed E-state index contributed by atoms with van der Waals surface area (Å²) in [6.07, 6.45) is 4.69. The van der Waals surface area contributed by atoms with Gasteiger partial charge in [-0.2, -0.15) is 0 Å². The first-order valence-corrected chi connectivity index (χ1v) is 5.38. The molecule has 0 aromatic heterocycles. The van der Waals surface area contributed by atoms with E-state index in [2.05, 4.69) is 26.1 Å². The van der Waals surface area contributed by atoms with Gasteiger partial charge in [-0.3, -0.25) is 4.99 Å². The van der Waals surface area contributed by atoms with Crippen molar-refractivity contribution >= 4 is 13.5 Å². The van der Waals surface area contributed by atoms with Gasteiger partial charge in [0.1, 0.15) is 0 Å². The van der Waals surface area contributed by atoms with Crippen molar-refractivity contribution < 1.29 is 5.11 Å². The Hall–Kier alpha value is -0.565. The lowest BCUT2D eigenvalue weighted by Gasteiger charge is -2.37. The van der Waals surface area contributed by atoms with E-state index in [1.807, 2.05) is 33.1 Å². The third kappa shape index (κ3) is 4.65. The molecule has 0 aromatic carbocycles. The van der Waals surface area contributed by atoms with Crippen LogP contribution in [-0.2, 0) is 0 Å². The molecule has 0 saturated heterocycles. The van der Waals surface area contributed by atoms with Crippen LogP contribution in [0, 0.1) is 5.41 Å². The normalized spacial score (nSPS) is 14.7. The molecule has 0 bridgehead atoms. The number of rotatable bonds is 5. The second kappa shape index (κ2) is 5.50. The SMILES string of the molecule is C/C=C(/[B]CC(C)(C)C(C)(C)O)C=NC. The van der Waals surface area contributed by atoms with Gasteiger partial charge in [0.25, 0.3) is 0 Å². The van der Waals surface area contributed by atoms with Crippen molar-refractivity contribution in [1.82, 2.24) is 0 Å². The molecule has 0 saturated carbocycles. The summed E-state index contributed by atoms with van der Waals surface area (Å²) in [7, 11) is 3.88. The molecule has 0 aromatic rings. The molecule has 0 aliphatic rings. The largest absolute Gasteiger partial charge is 0.390 e. The van der Waals surface area contributed by atoms with Gasteiger partial charge in [-0.25, -0.2) is 0 Å². The third-order valence-electron chi connectivity index (χ3n) is 3.12. The molecule has 2 nitrogen and oxygen atoms in total. The molecular formula is C12H23BNO. The van der Waals surface area contributed by atoms with Crippen molar-refractivity contribution in [2.45, 2.75) is 46.5 Å². The first-order valence-electron chi connectivity index (χ1n) is 5.38. The topological polar surface area (TPSA) is 32.6 Å². The number of hydrogen-bond acceptors (Lipinski definition) is 2. The van der Waals surface area contributed by atoms with Gasteiger partial charge in [-0.1, -0.05) is 31.7 Å². The Bertz CT molecular complexity index is 249. The Morgan fingerprint density at radius 1 is 1.33 bits per heavy atom. The van der Waals surface area contributed by atoms with Crippen molar-refractivity contribution in [1.29, 1.82) is 0 Å². The molecule has 0 aliphatic carbocycles. The van der Waals surface area contributed by atoms with Gasteiger partial charge in [0.2, 0.25) is 0 Å². The fourth-order valence-corrected chi connectivity index (χ4v) is 1.02. The Labute approximate surface area is 94.7 Å². The van der Waals surface area contributed by atoms with E-state index in [4.69, 9.17) is 0 Å². The van der Waals surface area contributed by atoms with Gasteiger partial charge in [-0.15, -0.1) is 0 Å². The van der Waals surface area contributed by atoms with Crippen molar-refractivity contribution in [3.05, 3.63) is 11.5 Å². The highest BCUT2D eigenvalue weighted by Crippen LogP contribution is 2.34. The molecule has 85 valence electrons. The zero-order valence-corrected chi connectivity index (χ0v) is 10.8. The van der Waals surface area contributed by atoms with Crippen LogP contribution in [0.2, 0.25) is 6.32 Å². The van der Waals surface area contributed by atoms with Gasteiger partial charge in [0.15, 0.2) is 7.28 Å². The molecule has 0 fully saturated rings. The summed E-state index contributed by atoms with van der Waals surface area (Å²) in [5.41, 5.74) is 0.295. The summed E-state index contributed by atoms with van der Waals surface area (Å²) in [6, 6.07) is 0. The predicted octanol–water partition coefficient (Wildman–Crippen LogP) is 2.51. The van der Waals surface area contributed by atoms with E-state index < -0.39 is 5.60 Å². The maximum Gasteiger partial charge on any atom is 0.153 e. The molecule has 0 spiro atoms. The van der Waals surface area contributed by atoms with Crippen LogP contribution in [0.25, 0.3) is 0 Å². The highest BCUT2D eigenvalue weighted by Gasteiger charge is 2.34. The molecule has 0 rings (SSSR count). The Morgan fingerprint density at radius 2 is 1.87 bits per heavy atom. The second-order valence-corrected chi connectivity index (χ2v) is 5.03. The van der Waals surface area contributed by atoms with Crippen LogP contribution in [0.3, 0.4) is 0 Å². The summed E-state index contributed by atoms with van der Waals surface area (Å²) in [4.78, 5) is 3.98. The molecule has 15 heavy (non-hydrogen) atoms. The average Bonchev–Trinajstić information content (AvgIpc) is 2.10. The van der Waals surface area contributed by atoms with Crippen LogP contribution in [0.1, 0.15) is 34.6 Å². The van der Waals surface area contributed by atoms with Gasteiger partial charge in [-0.05, 0) is 26.2 Å². The minimum atomic E-state index is -0.675. The number of hydrogen-bond donors (Lipinski definition) is 1. The van der Waals surface area contributed by atoms with Crippen LogP contribution >= 0.6 is 0 Å². The van der Waals surface area contributed by atoms with Crippen molar-refractivity contribution in [3.63, 3.8) is 0 Å². The highest BCUT2D eigenvalue weighted by molar-refractivity contribution is 6.52. The summed E-state index contributed by atoms with van der Waals surface area (Å²) in [5, 5.41) is 9.99. The van der Waals surface area contributed by atoms with Gasteiger partial charge < -0.3 is 5.11 Å². The molecule has 0 heterocycles. The van der Waals surface area contributed by atoms with E-state index >= 15 is 0 Å². The molecule has 0 aliphatic heterocycles. The maximum atomic E-state index is 9.99. The molecular weight excluding hydrogens is 185 g/mol. The first-order chi connectivity index (χ1) is 6.74.